The number of hydrogen-bond acceptors (Lipinski definition) is 5. The first-order valence-corrected chi connectivity index (χ1v) is 9.50. The highest BCUT2D eigenvalue weighted by Crippen LogP contribution is 2.30. The zero-order valence-corrected chi connectivity index (χ0v) is 16.8. The minimum atomic E-state index is -0.483. The van der Waals surface area contributed by atoms with Crippen LogP contribution in [0.15, 0.2) is 57.6 Å². The van der Waals surface area contributed by atoms with Crippen LogP contribution in [0.2, 0.25) is 0 Å². The van der Waals surface area contributed by atoms with E-state index in [0.29, 0.717) is 18.1 Å². The summed E-state index contributed by atoms with van der Waals surface area (Å²) in [5, 5.41) is 0. The summed E-state index contributed by atoms with van der Waals surface area (Å²) in [4.78, 5) is 16.5. The van der Waals surface area contributed by atoms with Crippen LogP contribution < -0.4 is 9.47 Å². The largest absolute Gasteiger partial charge is 0.493 e. The number of carbonyl (C=O) groups excluding carboxylic acids is 1. The molecule has 0 bridgehead atoms. The molecule has 0 unspecified atom stereocenters. The van der Waals surface area contributed by atoms with Crippen molar-refractivity contribution in [1.29, 1.82) is 0 Å². The van der Waals surface area contributed by atoms with E-state index in [4.69, 9.17) is 14.2 Å². The van der Waals surface area contributed by atoms with Gasteiger partial charge in [-0.25, -0.2) is 9.79 Å². The van der Waals surface area contributed by atoms with E-state index >= 15 is 0 Å². The summed E-state index contributed by atoms with van der Waals surface area (Å²) < 4.78 is 17.3. The van der Waals surface area contributed by atoms with Crippen molar-refractivity contribution in [2.45, 2.75) is 19.8 Å². The van der Waals surface area contributed by atoms with E-state index in [1.807, 2.05) is 42.5 Å². The van der Waals surface area contributed by atoms with E-state index in [1.54, 1.807) is 13.2 Å². The number of benzene rings is 2. The van der Waals surface area contributed by atoms with Gasteiger partial charge >= 0.3 is 5.97 Å². The predicted molar refractivity (Wildman–Crippen MR) is 108 cm³/mol. The molecule has 1 aliphatic rings. The summed E-state index contributed by atoms with van der Waals surface area (Å²) in [5.74, 6) is 1.09. The Hall–Kier alpha value is -2.60. The summed E-state index contributed by atoms with van der Waals surface area (Å²) in [6, 6.07) is 13.0. The van der Waals surface area contributed by atoms with E-state index < -0.39 is 5.97 Å². The molecule has 0 aliphatic carbocycles. The first kappa shape index (κ1) is 19.2. The van der Waals surface area contributed by atoms with E-state index in [2.05, 4.69) is 27.8 Å². The van der Waals surface area contributed by atoms with Crippen LogP contribution in [0.5, 0.6) is 11.5 Å². The number of aliphatic imine (C=N–C) groups is 1. The molecule has 1 heterocycles. The van der Waals surface area contributed by atoms with Gasteiger partial charge < -0.3 is 14.2 Å². The topological polar surface area (TPSA) is 57.1 Å². The Morgan fingerprint density at radius 1 is 1.19 bits per heavy atom. The lowest BCUT2D eigenvalue weighted by Gasteiger charge is -2.10. The zero-order valence-electron chi connectivity index (χ0n) is 15.2. The van der Waals surface area contributed by atoms with E-state index in [-0.39, 0.29) is 11.6 Å². The fourth-order valence-corrected chi connectivity index (χ4v) is 2.99. The maximum Gasteiger partial charge on any atom is 0.363 e. The molecule has 2 aromatic carbocycles. The number of hydrogen-bond donors (Lipinski definition) is 0. The molecule has 1 aliphatic heterocycles. The fourth-order valence-electron chi connectivity index (χ4n) is 2.54. The number of unbranched alkanes of at least 4 members (excludes halogenated alkanes) is 1. The molecule has 27 heavy (non-hydrogen) atoms. The van der Waals surface area contributed by atoms with Crippen molar-refractivity contribution in [3.8, 4) is 11.5 Å². The fraction of sp³-hybridized carbons (Fsp3) is 0.238. The second kappa shape index (κ2) is 8.86. The van der Waals surface area contributed by atoms with Gasteiger partial charge in [0.05, 0.1) is 19.3 Å². The molecule has 0 fully saturated rings. The second-order valence-electron chi connectivity index (χ2n) is 5.93. The summed E-state index contributed by atoms with van der Waals surface area (Å²) in [5.41, 5.74) is 1.74. The lowest BCUT2D eigenvalue weighted by molar-refractivity contribution is -0.129. The Bertz CT molecular complexity index is 905. The normalized spacial score (nSPS) is 14.9. The molecule has 0 atom stereocenters. The molecule has 3 rings (SSSR count). The Labute approximate surface area is 166 Å². The number of esters is 1. The molecule has 0 spiro atoms. The van der Waals surface area contributed by atoms with Gasteiger partial charge in [-0.3, -0.25) is 0 Å². The number of methoxy groups -OCH3 is 1. The average molecular weight is 430 g/mol. The van der Waals surface area contributed by atoms with Crippen LogP contribution in [-0.2, 0) is 9.53 Å². The monoisotopic (exact) mass is 429 g/mol. The minimum absolute atomic E-state index is 0.238. The molecule has 0 N–H and O–H groups in total. The number of rotatable bonds is 7. The first-order valence-electron chi connectivity index (χ1n) is 8.70. The standard InChI is InChI=1S/C21H20BrNO4/c1-3-4-11-26-18-10-9-14(13-19(18)25-2)12-17-21(24)27-20(23-17)15-7-5-6-8-16(15)22/h5-10,12-13H,3-4,11H2,1-2H3/b17-12+. The minimum Gasteiger partial charge on any atom is -0.493 e. The third kappa shape index (κ3) is 4.57. The Morgan fingerprint density at radius 3 is 2.74 bits per heavy atom. The predicted octanol–water partition coefficient (Wildman–Crippen LogP) is 4.98. The third-order valence-electron chi connectivity index (χ3n) is 3.97. The quantitative estimate of drug-likeness (QED) is 0.353. The molecule has 0 saturated carbocycles. The molecular formula is C21H20BrNO4. The van der Waals surface area contributed by atoms with Crippen molar-refractivity contribution in [3.63, 3.8) is 0 Å². The average Bonchev–Trinajstić information content (AvgIpc) is 3.03. The van der Waals surface area contributed by atoms with Gasteiger partial charge in [0.1, 0.15) is 0 Å². The van der Waals surface area contributed by atoms with Gasteiger partial charge in [0.25, 0.3) is 0 Å². The summed E-state index contributed by atoms with van der Waals surface area (Å²) >= 11 is 3.44. The van der Waals surface area contributed by atoms with Gasteiger partial charge in [0, 0.05) is 4.47 Å². The SMILES string of the molecule is CCCCOc1ccc(/C=C2/N=C(c3ccccc3Br)OC2=O)cc1OC. The van der Waals surface area contributed by atoms with Crippen molar-refractivity contribution in [1.82, 2.24) is 0 Å². The van der Waals surface area contributed by atoms with Gasteiger partial charge in [-0.15, -0.1) is 0 Å². The van der Waals surface area contributed by atoms with Gasteiger partial charge in [-0.05, 0) is 58.3 Å². The molecule has 0 amide bonds. The highest BCUT2D eigenvalue weighted by Gasteiger charge is 2.25. The van der Waals surface area contributed by atoms with E-state index in [1.165, 1.54) is 0 Å². The molecule has 5 nitrogen and oxygen atoms in total. The Kier molecular flexibility index (Phi) is 6.29. The van der Waals surface area contributed by atoms with Crippen molar-refractivity contribution in [2.75, 3.05) is 13.7 Å². The molecule has 140 valence electrons. The maximum atomic E-state index is 12.2. The second-order valence-corrected chi connectivity index (χ2v) is 6.78. The maximum absolute atomic E-state index is 12.2. The smallest absolute Gasteiger partial charge is 0.363 e. The Balaban J connectivity index is 1.85. The molecule has 0 aromatic heterocycles. The highest BCUT2D eigenvalue weighted by atomic mass is 79.9. The van der Waals surface area contributed by atoms with Crippen molar-refractivity contribution < 1.29 is 19.0 Å². The van der Waals surface area contributed by atoms with Crippen molar-refractivity contribution >= 4 is 33.9 Å². The van der Waals surface area contributed by atoms with E-state index in [9.17, 15) is 4.79 Å². The van der Waals surface area contributed by atoms with Crippen molar-refractivity contribution in [3.05, 3.63) is 63.8 Å². The van der Waals surface area contributed by atoms with Gasteiger partial charge in [-0.2, -0.15) is 0 Å². The summed E-state index contributed by atoms with van der Waals surface area (Å²) in [6.07, 6.45) is 3.71. The lowest BCUT2D eigenvalue weighted by atomic mass is 10.1. The van der Waals surface area contributed by atoms with E-state index in [0.717, 1.165) is 28.4 Å². The molecule has 6 heteroatoms. The Morgan fingerprint density at radius 2 is 2.00 bits per heavy atom. The lowest BCUT2D eigenvalue weighted by Crippen LogP contribution is -2.05. The van der Waals surface area contributed by atoms with Crippen LogP contribution in [0.25, 0.3) is 6.08 Å². The number of carbonyl (C=O) groups is 1. The van der Waals surface area contributed by atoms with Gasteiger partial charge in [-0.1, -0.05) is 31.5 Å². The number of halogens is 1. The van der Waals surface area contributed by atoms with Crippen LogP contribution in [0.4, 0.5) is 0 Å². The van der Waals surface area contributed by atoms with Crippen LogP contribution in [0, 0.1) is 0 Å². The summed E-state index contributed by atoms with van der Waals surface area (Å²) in [7, 11) is 1.59. The first-order chi connectivity index (χ1) is 13.1. The molecular weight excluding hydrogens is 410 g/mol. The number of cyclic esters (lactones) is 1. The molecule has 0 saturated heterocycles. The highest BCUT2D eigenvalue weighted by molar-refractivity contribution is 9.10. The molecule has 0 radical (unpaired) electrons. The number of nitrogens with zero attached hydrogens (tertiary/aromatic N) is 1. The van der Waals surface area contributed by atoms with Crippen LogP contribution in [-0.4, -0.2) is 25.6 Å². The van der Waals surface area contributed by atoms with Crippen molar-refractivity contribution in [2.24, 2.45) is 4.99 Å². The van der Waals surface area contributed by atoms with Crippen LogP contribution >= 0.6 is 15.9 Å². The molecule has 2 aromatic rings. The van der Waals surface area contributed by atoms with Gasteiger partial charge in [0.15, 0.2) is 17.2 Å². The van der Waals surface area contributed by atoms with Gasteiger partial charge in [0.2, 0.25) is 5.90 Å². The third-order valence-corrected chi connectivity index (χ3v) is 4.66. The summed E-state index contributed by atoms with van der Waals surface area (Å²) in [6.45, 7) is 2.75. The van der Waals surface area contributed by atoms with Crippen LogP contribution in [0.3, 0.4) is 0 Å². The number of ether oxygens (including phenoxy) is 3. The van der Waals surface area contributed by atoms with Crippen LogP contribution in [0.1, 0.15) is 30.9 Å². The zero-order chi connectivity index (χ0) is 19.2.